The monoisotopic (exact) mass is 138 g/mol. The van der Waals surface area contributed by atoms with Crippen LogP contribution < -0.4 is 5.73 Å². The SMILES string of the molecule is CC(C)N1CC2C3C1C23N. The Morgan fingerprint density at radius 1 is 1.60 bits per heavy atom. The molecule has 4 rings (SSSR count). The van der Waals surface area contributed by atoms with Gasteiger partial charge in [0.05, 0.1) is 0 Å². The second-order valence-corrected chi connectivity index (χ2v) is 4.37. The summed E-state index contributed by atoms with van der Waals surface area (Å²) in [7, 11) is 0. The van der Waals surface area contributed by atoms with E-state index in [0.717, 1.165) is 17.9 Å². The summed E-state index contributed by atoms with van der Waals surface area (Å²) in [4.78, 5) is 2.56. The molecule has 4 aliphatic rings. The summed E-state index contributed by atoms with van der Waals surface area (Å²) in [5.41, 5.74) is 6.40. The number of hydrogen-bond acceptors (Lipinski definition) is 2. The summed E-state index contributed by atoms with van der Waals surface area (Å²) in [5.74, 6) is 1.80. The standard InChI is InChI=1S/C8H14N2/c1-4(2)10-3-5-6-7(10)8(5,6)9/h4-7H,3,9H2,1-2H3. The number of nitrogens with two attached hydrogens (primary N) is 1. The molecule has 2 bridgehead atoms. The molecular formula is C8H14N2. The van der Waals surface area contributed by atoms with Gasteiger partial charge in [-0.15, -0.1) is 0 Å². The van der Waals surface area contributed by atoms with Crippen LogP contribution in [0.3, 0.4) is 0 Å². The minimum Gasteiger partial charge on any atom is -0.323 e. The van der Waals surface area contributed by atoms with Crippen molar-refractivity contribution in [2.45, 2.75) is 31.5 Å². The maximum Gasteiger partial charge on any atom is 0.0408 e. The van der Waals surface area contributed by atoms with Crippen LogP contribution in [0, 0.1) is 11.8 Å². The van der Waals surface area contributed by atoms with Crippen molar-refractivity contribution in [1.82, 2.24) is 4.90 Å². The van der Waals surface area contributed by atoms with E-state index in [1.54, 1.807) is 0 Å². The highest BCUT2D eigenvalue weighted by Crippen LogP contribution is 2.77. The van der Waals surface area contributed by atoms with Crippen molar-refractivity contribution in [3.63, 3.8) is 0 Å². The van der Waals surface area contributed by atoms with Crippen molar-refractivity contribution >= 4 is 0 Å². The molecule has 4 fully saturated rings. The van der Waals surface area contributed by atoms with Crippen LogP contribution >= 0.6 is 0 Å². The summed E-state index contributed by atoms with van der Waals surface area (Å²) < 4.78 is 0. The second kappa shape index (κ2) is 1.16. The van der Waals surface area contributed by atoms with E-state index >= 15 is 0 Å². The first-order chi connectivity index (χ1) is 4.67. The lowest BCUT2D eigenvalue weighted by Gasteiger charge is -2.19. The normalized spacial score (nSPS) is 63.0. The van der Waals surface area contributed by atoms with Gasteiger partial charge in [-0.05, 0) is 19.8 Å². The van der Waals surface area contributed by atoms with Crippen LogP contribution in [0.4, 0.5) is 0 Å². The largest absolute Gasteiger partial charge is 0.323 e. The maximum absolute atomic E-state index is 6.08. The average Bonchev–Trinajstić information content (AvgIpc) is 2.57. The Hall–Kier alpha value is -0.0800. The van der Waals surface area contributed by atoms with Gasteiger partial charge in [0.25, 0.3) is 0 Å². The fourth-order valence-corrected chi connectivity index (χ4v) is 2.93. The molecule has 0 aromatic heterocycles. The smallest absolute Gasteiger partial charge is 0.0408 e. The van der Waals surface area contributed by atoms with Gasteiger partial charge in [-0.25, -0.2) is 0 Å². The summed E-state index contributed by atoms with van der Waals surface area (Å²) >= 11 is 0. The van der Waals surface area contributed by atoms with E-state index in [1.165, 1.54) is 6.54 Å². The molecule has 2 aliphatic heterocycles. The Kier molecular flexibility index (Phi) is 0.647. The van der Waals surface area contributed by atoms with Crippen molar-refractivity contribution in [3.8, 4) is 0 Å². The second-order valence-electron chi connectivity index (χ2n) is 4.37. The third kappa shape index (κ3) is 0.330. The van der Waals surface area contributed by atoms with Gasteiger partial charge in [0.15, 0.2) is 0 Å². The predicted molar refractivity (Wildman–Crippen MR) is 39.5 cm³/mol. The first-order valence-corrected chi connectivity index (χ1v) is 4.22. The molecule has 2 saturated carbocycles. The highest BCUT2D eigenvalue weighted by Gasteiger charge is 2.90. The molecule has 0 aromatic rings. The Balaban J connectivity index is 1.85. The number of fused-ring (bicyclic) bond motifs is 1. The fourth-order valence-electron chi connectivity index (χ4n) is 2.93. The summed E-state index contributed by atoms with van der Waals surface area (Å²) in [6.45, 7) is 5.82. The van der Waals surface area contributed by atoms with E-state index in [4.69, 9.17) is 5.73 Å². The maximum atomic E-state index is 6.08. The average molecular weight is 138 g/mol. The summed E-state index contributed by atoms with van der Waals surface area (Å²) in [6, 6.07) is 1.50. The molecular weight excluding hydrogens is 124 g/mol. The zero-order valence-electron chi connectivity index (χ0n) is 6.54. The van der Waals surface area contributed by atoms with Gasteiger partial charge in [0.1, 0.15) is 0 Å². The molecule has 10 heavy (non-hydrogen) atoms. The molecule has 2 heteroatoms. The minimum atomic E-state index is 0.324. The van der Waals surface area contributed by atoms with E-state index in [2.05, 4.69) is 18.7 Å². The van der Waals surface area contributed by atoms with Gasteiger partial charge >= 0.3 is 0 Å². The van der Waals surface area contributed by atoms with Gasteiger partial charge < -0.3 is 5.73 Å². The van der Waals surface area contributed by atoms with Gasteiger partial charge in [0.2, 0.25) is 0 Å². The van der Waals surface area contributed by atoms with Gasteiger partial charge in [-0.2, -0.15) is 0 Å². The van der Waals surface area contributed by atoms with Crippen molar-refractivity contribution in [2.24, 2.45) is 17.6 Å². The molecule has 2 heterocycles. The molecule has 0 radical (unpaired) electrons. The molecule has 4 atom stereocenters. The quantitative estimate of drug-likeness (QED) is 0.554. The van der Waals surface area contributed by atoms with Crippen molar-refractivity contribution < 1.29 is 0 Å². The van der Waals surface area contributed by atoms with E-state index in [1.807, 2.05) is 0 Å². The van der Waals surface area contributed by atoms with E-state index in [0.29, 0.717) is 11.6 Å². The topological polar surface area (TPSA) is 29.3 Å². The highest BCUT2D eigenvalue weighted by molar-refractivity contribution is 5.47. The lowest BCUT2D eigenvalue weighted by molar-refractivity contribution is 0.258. The third-order valence-corrected chi connectivity index (χ3v) is 3.72. The summed E-state index contributed by atoms with van der Waals surface area (Å²) in [5, 5.41) is 0. The Labute approximate surface area is 61.4 Å². The van der Waals surface area contributed by atoms with Crippen LogP contribution in [0.15, 0.2) is 0 Å². The van der Waals surface area contributed by atoms with Crippen LogP contribution in [-0.4, -0.2) is 29.1 Å². The highest BCUT2D eigenvalue weighted by atomic mass is 15.4. The van der Waals surface area contributed by atoms with Gasteiger partial charge in [-0.1, -0.05) is 0 Å². The number of nitrogens with zero attached hydrogens (tertiary/aromatic N) is 1. The van der Waals surface area contributed by atoms with Crippen LogP contribution in [0.25, 0.3) is 0 Å². The molecule has 2 saturated heterocycles. The molecule has 4 unspecified atom stereocenters. The number of hydrogen-bond donors (Lipinski definition) is 1. The van der Waals surface area contributed by atoms with Crippen molar-refractivity contribution in [1.29, 1.82) is 0 Å². The van der Waals surface area contributed by atoms with Crippen LogP contribution in [0.2, 0.25) is 0 Å². The van der Waals surface area contributed by atoms with E-state index in [-0.39, 0.29) is 0 Å². The molecule has 2 aliphatic carbocycles. The van der Waals surface area contributed by atoms with Crippen molar-refractivity contribution in [2.75, 3.05) is 6.54 Å². The van der Waals surface area contributed by atoms with E-state index < -0.39 is 0 Å². The molecule has 56 valence electrons. The molecule has 2 N–H and O–H groups in total. The Morgan fingerprint density at radius 2 is 2.20 bits per heavy atom. The minimum absolute atomic E-state index is 0.324. The summed E-state index contributed by atoms with van der Waals surface area (Å²) in [6.07, 6.45) is 0. The van der Waals surface area contributed by atoms with Crippen LogP contribution in [-0.2, 0) is 0 Å². The predicted octanol–water partition coefficient (Wildman–Crippen LogP) is 0.0361. The fraction of sp³-hybridized carbons (Fsp3) is 1.00. The molecule has 2 nitrogen and oxygen atoms in total. The first kappa shape index (κ1) is 5.56. The molecule has 0 spiro atoms. The number of piperidine rings is 1. The zero-order valence-corrected chi connectivity index (χ0v) is 6.54. The zero-order chi connectivity index (χ0) is 7.09. The Bertz CT molecular complexity index is 195. The first-order valence-electron chi connectivity index (χ1n) is 4.22. The third-order valence-electron chi connectivity index (χ3n) is 3.72. The lowest BCUT2D eigenvalue weighted by Crippen LogP contribution is -2.32. The van der Waals surface area contributed by atoms with E-state index in [9.17, 15) is 0 Å². The molecule has 0 aromatic carbocycles. The van der Waals surface area contributed by atoms with Gasteiger partial charge in [-0.3, -0.25) is 4.90 Å². The van der Waals surface area contributed by atoms with Gasteiger partial charge in [0, 0.05) is 30.1 Å². The molecule has 0 amide bonds. The van der Waals surface area contributed by atoms with Crippen LogP contribution in [0.1, 0.15) is 13.8 Å². The van der Waals surface area contributed by atoms with Crippen molar-refractivity contribution in [3.05, 3.63) is 0 Å². The lowest BCUT2D eigenvalue weighted by atomic mass is 10.2. The number of rotatable bonds is 1. The Morgan fingerprint density at radius 3 is 2.40 bits per heavy atom. The van der Waals surface area contributed by atoms with Crippen LogP contribution in [0.5, 0.6) is 0 Å².